The van der Waals surface area contributed by atoms with Gasteiger partial charge < -0.3 is 15.0 Å². The number of benzene rings is 3. The first-order valence-electron chi connectivity index (χ1n) is 11.5. The molecule has 0 saturated heterocycles. The minimum atomic E-state index is -0.792. The molecule has 3 aromatic rings. The van der Waals surface area contributed by atoms with Crippen LogP contribution in [-0.4, -0.2) is 34.9 Å². The quantitative estimate of drug-likeness (QED) is 0.302. The van der Waals surface area contributed by atoms with Gasteiger partial charge in [0.15, 0.2) is 6.61 Å². The average Bonchev–Trinajstić information content (AvgIpc) is 2.81. The molecule has 0 heterocycles. The lowest BCUT2D eigenvalue weighted by Crippen LogP contribution is -2.55. The van der Waals surface area contributed by atoms with Crippen LogP contribution in [0.5, 0.6) is 5.75 Å². The predicted octanol–water partition coefficient (Wildman–Crippen LogP) is 6.69. The largest absolute Gasteiger partial charge is 0.484 e. The van der Waals surface area contributed by atoms with Crippen molar-refractivity contribution >= 4 is 50.9 Å². The highest BCUT2D eigenvalue weighted by Crippen LogP contribution is 2.25. The molecule has 8 heteroatoms. The number of ether oxygens (including phenoxy) is 1. The zero-order chi connectivity index (χ0) is 26.3. The molecule has 0 spiro atoms. The molecule has 0 radical (unpaired) electrons. The molecular weight excluding hydrogens is 563 g/mol. The normalized spacial score (nSPS) is 12.1. The molecule has 0 aliphatic heterocycles. The molecule has 2 amide bonds. The van der Waals surface area contributed by atoms with Crippen LogP contribution in [0.1, 0.15) is 31.9 Å². The second-order valence-electron chi connectivity index (χ2n) is 9.44. The third-order valence-corrected chi connectivity index (χ3v) is 6.42. The lowest BCUT2D eigenvalue weighted by molar-refractivity contribution is -0.143. The van der Waals surface area contributed by atoms with E-state index in [4.69, 9.17) is 27.9 Å². The van der Waals surface area contributed by atoms with Crippen molar-refractivity contribution in [1.29, 1.82) is 0 Å². The van der Waals surface area contributed by atoms with E-state index >= 15 is 0 Å². The van der Waals surface area contributed by atoms with Gasteiger partial charge in [0.2, 0.25) is 5.91 Å². The summed E-state index contributed by atoms with van der Waals surface area (Å²) < 4.78 is 6.68. The summed E-state index contributed by atoms with van der Waals surface area (Å²) in [5.41, 5.74) is 1.13. The molecule has 36 heavy (non-hydrogen) atoms. The molecule has 5 nitrogen and oxygen atoms in total. The van der Waals surface area contributed by atoms with Gasteiger partial charge in [-0.15, -0.1) is 0 Å². The van der Waals surface area contributed by atoms with Crippen LogP contribution in [0.15, 0.2) is 77.3 Å². The molecule has 0 aliphatic carbocycles. The van der Waals surface area contributed by atoms with E-state index in [9.17, 15) is 9.59 Å². The molecule has 0 saturated carbocycles. The Bertz CT molecular complexity index is 1180. The van der Waals surface area contributed by atoms with Crippen molar-refractivity contribution in [3.63, 3.8) is 0 Å². The minimum absolute atomic E-state index is 0.119. The van der Waals surface area contributed by atoms with E-state index in [2.05, 4.69) is 21.2 Å². The highest BCUT2D eigenvalue weighted by Gasteiger charge is 2.32. The number of amides is 2. The summed E-state index contributed by atoms with van der Waals surface area (Å²) in [6.07, 6.45) is 0.331. The molecule has 190 valence electrons. The molecule has 0 bridgehead atoms. The van der Waals surface area contributed by atoms with Crippen molar-refractivity contribution in [2.45, 2.75) is 45.3 Å². The second kappa shape index (κ2) is 12.6. The molecular formula is C28H29BrCl2N2O3. The zero-order valence-corrected chi connectivity index (χ0v) is 23.5. The average molecular weight is 592 g/mol. The topological polar surface area (TPSA) is 58.6 Å². The number of nitrogens with zero attached hydrogens (tertiary/aromatic N) is 1. The first-order chi connectivity index (χ1) is 17.0. The summed E-state index contributed by atoms with van der Waals surface area (Å²) in [4.78, 5) is 28.7. The van der Waals surface area contributed by atoms with Crippen LogP contribution in [0.4, 0.5) is 0 Å². The van der Waals surface area contributed by atoms with Crippen molar-refractivity contribution in [3.05, 3.63) is 98.4 Å². The molecule has 1 N–H and O–H groups in total. The summed E-state index contributed by atoms with van der Waals surface area (Å²) in [5, 5.41) is 3.94. The van der Waals surface area contributed by atoms with Crippen LogP contribution in [0.2, 0.25) is 10.0 Å². The van der Waals surface area contributed by atoms with Crippen molar-refractivity contribution < 1.29 is 14.3 Å². The second-order valence-corrected chi connectivity index (χ2v) is 11.2. The number of rotatable bonds is 9. The van der Waals surface area contributed by atoms with Gasteiger partial charge in [0.05, 0.1) is 0 Å². The van der Waals surface area contributed by atoms with Crippen molar-refractivity contribution in [2.75, 3.05) is 6.61 Å². The molecule has 0 fully saturated rings. The smallest absolute Gasteiger partial charge is 0.261 e. The van der Waals surface area contributed by atoms with Crippen molar-refractivity contribution in [2.24, 2.45) is 0 Å². The van der Waals surface area contributed by atoms with E-state index in [1.807, 2.05) is 63.2 Å². The fraction of sp³-hybridized carbons (Fsp3) is 0.286. The van der Waals surface area contributed by atoms with Crippen LogP contribution < -0.4 is 10.1 Å². The van der Waals surface area contributed by atoms with E-state index in [-0.39, 0.29) is 25.0 Å². The first kappa shape index (κ1) is 28.0. The van der Waals surface area contributed by atoms with Gasteiger partial charge in [0, 0.05) is 33.0 Å². The van der Waals surface area contributed by atoms with E-state index in [0.717, 1.165) is 10.0 Å². The maximum Gasteiger partial charge on any atom is 0.261 e. The molecule has 1 atom stereocenters. The summed E-state index contributed by atoms with van der Waals surface area (Å²) in [7, 11) is 0. The summed E-state index contributed by atoms with van der Waals surface area (Å²) in [6.45, 7) is 5.60. The van der Waals surface area contributed by atoms with Crippen molar-refractivity contribution in [1.82, 2.24) is 10.2 Å². The standard InChI is InChI=1S/C28H29BrCl2N2O3/c1-28(2,3)32-27(35)25(15-19-7-5-4-6-8-19)33(17-20-9-12-22(30)16-24(20)31)26(34)18-36-23-13-10-21(29)11-14-23/h4-14,16,25H,15,17-18H2,1-3H3,(H,32,35)/t25-/m0/s1. The van der Waals surface area contributed by atoms with Crippen LogP contribution >= 0.6 is 39.1 Å². The van der Waals surface area contributed by atoms with Crippen LogP contribution in [0, 0.1) is 0 Å². The Morgan fingerprint density at radius 1 is 1.00 bits per heavy atom. The Morgan fingerprint density at radius 2 is 1.67 bits per heavy atom. The number of nitrogens with one attached hydrogen (secondary N) is 1. The highest BCUT2D eigenvalue weighted by molar-refractivity contribution is 9.10. The Morgan fingerprint density at radius 3 is 2.28 bits per heavy atom. The first-order valence-corrected chi connectivity index (χ1v) is 13.0. The van der Waals surface area contributed by atoms with Gasteiger partial charge in [-0.25, -0.2) is 0 Å². The van der Waals surface area contributed by atoms with Gasteiger partial charge in [0.1, 0.15) is 11.8 Å². The molecule has 0 aliphatic rings. The number of carbonyl (C=O) groups excluding carboxylic acids is 2. The van der Waals surface area contributed by atoms with Crippen LogP contribution in [0.3, 0.4) is 0 Å². The SMILES string of the molecule is CC(C)(C)NC(=O)[C@H](Cc1ccccc1)N(Cc1ccc(Cl)cc1Cl)C(=O)COc1ccc(Br)cc1. The van der Waals surface area contributed by atoms with E-state index in [1.54, 1.807) is 30.3 Å². The van der Waals surface area contributed by atoms with Gasteiger partial charge in [-0.2, -0.15) is 0 Å². The number of hydrogen-bond donors (Lipinski definition) is 1. The van der Waals surface area contributed by atoms with E-state index < -0.39 is 11.6 Å². The van der Waals surface area contributed by atoms with Crippen LogP contribution in [-0.2, 0) is 22.6 Å². The summed E-state index contributed by atoms with van der Waals surface area (Å²) in [5.74, 6) is -0.0443. The third kappa shape index (κ3) is 8.54. The lowest BCUT2D eigenvalue weighted by atomic mass is 10.0. The number of halogens is 3. The Labute approximate surface area is 230 Å². The van der Waals surface area contributed by atoms with Gasteiger partial charge in [-0.1, -0.05) is 75.5 Å². The number of hydrogen-bond acceptors (Lipinski definition) is 3. The highest BCUT2D eigenvalue weighted by atomic mass is 79.9. The van der Waals surface area contributed by atoms with Gasteiger partial charge >= 0.3 is 0 Å². The van der Waals surface area contributed by atoms with E-state index in [1.165, 1.54) is 4.90 Å². The van der Waals surface area contributed by atoms with Crippen LogP contribution in [0.25, 0.3) is 0 Å². The predicted molar refractivity (Wildman–Crippen MR) is 148 cm³/mol. The zero-order valence-electron chi connectivity index (χ0n) is 20.4. The van der Waals surface area contributed by atoms with Gasteiger partial charge in [-0.05, 0) is 68.3 Å². The summed E-state index contributed by atoms with van der Waals surface area (Å²) in [6, 6.07) is 21.1. The maximum absolute atomic E-state index is 13.6. The molecule has 3 aromatic carbocycles. The Hall–Kier alpha value is -2.54. The van der Waals surface area contributed by atoms with Gasteiger partial charge in [0.25, 0.3) is 5.91 Å². The third-order valence-electron chi connectivity index (χ3n) is 5.30. The monoisotopic (exact) mass is 590 g/mol. The summed E-state index contributed by atoms with van der Waals surface area (Å²) >= 11 is 15.9. The fourth-order valence-corrected chi connectivity index (χ4v) is 4.33. The Kier molecular flexibility index (Phi) is 9.83. The molecule has 3 rings (SSSR count). The number of carbonyl (C=O) groups is 2. The maximum atomic E-state index is 13.6. The fourth-order valence-electron chi connectivity index (χ4n) is 3.60. The molecule has 0 unspecified atom stereocenters. The van der Waals surface area contributed by atoms with Gasteiger partial charge in [-0.3, -0.25) is 9.59 Å². The Balaban J connectivity index is 1.95. The van der Waals surface area contributed by atoms with Crippen molar-refractivity contribution in [3.8, 4) is 5.75 Å². The lowest BCUT2D eigenvalue weighted by Gasteiger charge is -2.34. The van der Waals surface area contributed by atoms with E-state index in [0.29, 0.717) is 27.8 Å². The minimum Gasteiger partial charge on any atom is -0.484 e. The molecule has 0 aromatic heterocycles.